The van der Waals surface area contributed by atoms with Crippen LogP contribution in [0.1, 0.15) is 57.1 Å². The van der Waals surface area contributed by atoms with Gasteiger partial charge in [0.05, 0.1) is 28.7 Å². The summed E-state index contributed by atoms with van der Waals surface area (Å²) in [7, 11) is 0. The minimum Gasteiger partial charge on any atom is -0.475 e. The Balaban J connectivity index is 0.000000587. The average molecular weight is 585 g/mol. The molecule has 0 fully saturated rings. The van der Waals surface area contributed by atoms with E-state index in [-0.39, 0.29) is 11.5 Å². The average Bonchev–Trinajstić information content (AvgIpc) is 2.91. The second-order valence-electron chi connectivity index (χ2n) is 8.85. The minimum absolute atomic E-state index is 0.0494. The number of aryl methyl sites for hydroxylation is 1. The fourth-order valence-electron chi connectivity index (χ4n) is 3.86. The quantitative estimate of drug-likeness (QED) is 0.369. The maximum absolute atomic E-state index is 13.1. The smallest absolute Gasteiger partial charge is 0.475 e. The molecule has 0 saturated heterocycles. The van der Waals surface area contributed by atoms with Gasteiger partial charge in [0.1, 0.15) is 5.82 Å². The molecule has 218 valence electrons. The highest BCUT2D eigenvalue weighted by atomic mass is 19.4. The number of fused-ring (bicyclic) bond motifs is 1. The van der Waals surface area contributed by atoms with Crippen LogP contribution in [0.25, 0.3) is 0 Å². The van der Waals surface area contributed by atoms with E-state index in [9.17, 15) is 40.3 Å². The van der Waals surface area contributed by atoms with Crippen LogP contribution < -0.4 is 10.2 Å². The van der Waals surface area contributed by atoms with E-state index in [1.54, 1.807) is 19.1 Å². The lowest BCUT2D eigenvalue weighted by Gasteiger charge is -2.30. The number of alkyl halides is 6. The molecule has 2 aromatic carbocycles. The predicted octanol–water partition coefficient (Wildman–Crippen LogP) is 5.96. The Hall–Kier alpha value is -4.49. The summed E-state index contributed by atoms with van der Waals surface area (Å²) in [6, 6.07) is 12.4. The second-order valence-corrected chi connectivity index (χ2v) is 8.85. The monoisotopic (exact) mass is 585 g/mol. The van der Waals surface area contributed by atoms with Gasteiger partial charge in [-0.25, -0.2) is 9.18 Å². The Bertz CT molecular complexity index is 1420. The summed E-state index contributed by atoms with van der Waals surface area (Å²) in [5, 5.41) is 9.93. The number of nitrogens with zero attached hydrogens (tertiary/aromatic N) is 2. The van der Waals surface area contributed by atoms with Crippen LogP contribution in [-0.2, 0) is 17.4 Å². The zero-order valence-corrected chi connectivity index (χ0v) is 21.2. The molecular weight excluding hydrogens is 563 g/mol. The highest BCUT2D eigenvalue weighted by molar-refractivity contribution is 6.06. The highest BCUT2D eigenvalue weighted by Gasteiger charge is 2.38. The van der Waals surface area contributed by atoms with Crippen molar-refractivity contribution in [3.8, 4) is 0 Å². The number of anilines is 1. The van der Waals surface area contributed by atoms with Gasteiger partial charge in [-0.3, -0.25) is 14.6 Å². The van der Waals surface area contributed by atoms with E-state index in [4.69, 9.17) is 9.90 Å². The number of halogens is 7. The molecule has 2 amide bonds. The molecule has 3 aromatic rings. The lowest BCUT2D eigenvalue weighted by Crippen LogP contribution is -2.36. The van der Waals surface area contributed by atoms with Crippen molar-refractivity contribution in [3.05, 3.63) is 94.6 Å². The zero-order chi connectivity index (χ0) is 30.5. The molecule has 1 atom stereocenters. The van der Waals surface area contributed by atoms with Gasteiger partial charge in [-0.05, 0) is 74.4 Å². The Morgan fingerprint density at radius 3 is 2.17 bits per heavy atom. The van der Waals surface area contributed by atoms with Gasteiger partial charge >= 0.3 is 18.3 Å². The van der Waals surface area contributed by atoms with Crippen LogP contribution in [0.2, 0.25) is 0 Å². The highest BCUT2D eigenvalue weighted by Crippen LogP contribution is 2.32. The van der Waals surface area contributed by atoms with E-state index < -0.39 is 41.7 Å². The number of benzene rings is 2. The number of carboxylic acids is 1. The van der Waals surface area contributed by atoms with Crippen molar-refractivity contribution in [2.24, 2.45) is 0 Å². The first-order chi connectivity index (χ1) is 19.1. The van der Waals surface area contributed by atoms with Crippen LogP contribution in [0.5, 0.6) is 0 Å². The Kier molecular flexibility index (Phi) is 9.35. The van der Waals surface area contributed by atoms with Crippen molar-refractivity contribution in [1.82, 2.24) is 10.3 Å². The Labute approximate surface area is 228 Å². The number of aliphatic carboxylic acids is 1. The van der Waals surface area contributed by atoms with E-state index in [1.807, 2.05) is 0 Å². The first-order valence-corrected chi connectivity index (χ1v) is 11.9. The number of pyridine rings is 1. The van der Waals surface area contributed by atoms with Crippen LogP contribution in [0.15, 0.2) is 60.7 Å². The Morgan fingerprint density at radius 1 is 0.951 bits per heavy atom. The third-order valence-electron chi connectivity index (χ3n) is 5.88. The largest absolute Gasteiger partial charge is 0.490 e. The molecule has 4 rings (SSSR count). The molecule has 0 aliphatic carbocycles. The van der Waals surface area contributed by atoms with Crippen molar-refractivity contribution in [2.75, 3.05) is 11.4 Å². The van der Waals surface area contributed by atoms with Crippen LogP contribution >= 0.6 is 0 Å². The first kappa shape index (κ1) is 31.0. The molecule has 2 heterocycles. The summed E-state index contributed by atoms with van der Waals surface area (Å²) in [5.74, 6) is -4.11. The van der Waals surface area contributed by atoms with Crippen molar-refractivity contribution >= 4 is 23.5 Å². The molecular formula is C27H22F7N3O4. The summed E-state index contributed by atoms with van der Waals surface area (Å²) in [4.78, 5) is 40.4. The van der Waals surface area contributed by atoms with Gasteiger partial charge in [0.25, 0.3) is 11.8 Å². The molecule has 0 saturated carbocycles. The lowest BCUT2D eigenvalue weighted by molar-refractivity contribution is -0.192. The summed E-state index contributed by atoms with van der Waals surface area (Å²) in [5.41, 5.74) is 1.12. The van der Waals surface area contributed by atoms with Gasteiger partial charge in [-0.15, -0.1) is 0 Å². The topological polar surface area (TPSA) is 99.6 Å². The fourth-order valence-corrected chi connectivity index (χ4v) is 3.86. The Morgan fingerprint density at radius 2 is 1.59 bits per heavy atom. The van der Waals surface area contributed by atoms with Crippen molar-refractivity contribution < 1.29 is 50.2 Å². The molecule has 0 bridgehead atoms. The van der Waals surface area contributed by atoms with E-state index in [0.717, 1.165) is 12.1 Å². The first-order valence-electron chi connectivity index (χ1n) is 11.9. The van der Waals surface area contributed by atoms with Gasteiger partial charge in [-0.1, -0.05) is 6.07 Å². The third-order valence-corrected chi connectivity index (χ3v) is 5.88. The van der Waals surface area contributed by atoms with E-state index in [0.29, 0.717) is 42.0 Å². The van der Waals surface area contributed by atoms with Crippen molar-refractivity contribution in [3.63, 3.8) is 0 Å². The molecule has 41 heavy (non-hydrogen) atoms. The summed E-state index contributed by atoms with van der Waals surface area (Å²) in [6.07, 6.45) is -8.43. The standard InChI is InChI=1S/C25H21F4N3O2.C2HF3O2/c1-15(30-23(33)16-7-9-19(26)10-8-16)20-11-12-22-21(31-20)6-3-13-32(22)24(34)17-4-2-5-18(14-17)25(27,28)29;3-2(4,5)1(6)7/h2,4-5,7-12,14-15H,3,6,13H2,1H3,(H,30,33);(H,6,7). The molecule has 7 nitrogen and oxygen atoms in total. The number of carboxylic acid groups (broad SMARTS) is 1. The number of hydrogen-bond donors (Lipinski definition) is 2. The summed E-state index contributed by atoms with van der Waals surface area (Å²) >= 11 is 0. The fraction of sp³-hybridized carbons (Fsp3) is 0.259. The minimum atomic E-state index is -5.08. The van der Waals surface area contributed by atoms with E-state index in [1.165, 1.54) is 41.3 Å². The SMILES string of the molecule is CC(NC(=O)c1ccc(F)cc1)c1ccc2c(n1)CCCN2C(=O)c1cccc(C(F)(F)F)c1.O=C(O)C(F)(F)F. The number of carbonyl (C=O) groups excluding carboxylic acids is 2. The zero-order valence-electron chi connectivity index (χ0n) is 21.2. The maximum Gasteiger partial charge on any atom is 0.490 e. The van der Waals surface area contributed by atoms with E-state index in [2.05, 4.69) is 10.3 Å². The van der Waals surface area contributed by atoms with E-state index >= 15 is 0 Å². The molecule has 1 unspecified atom stereocenters. The van der Waals surface area contributed by atoms with Crippen LogP contribution in [0.3, 0.4) is 0 Å². The normalized spacial score (nSPS) is 13.8. The number of rotatable bonds is 4. The molecule has 0 radical (unpaired) electrons. The van der Waals surface area contributed by atoms with Gasteiger partial charge in [0, 0.05) is 17.7 Å². The van der Waals surface area contributed by atoms with Crippen LogP contribution in [-0.4, -0.2) is 40.6 Å². The number of amides is 2. The van der Waals surface area contributed by atoms with Crippen molar-refractivity contribution in [1.29, 1.82) is 0 Å². The number of aromatic nitrogens is 1. The van der Waals surface area contributed by atoms with Crippen LogP contribution in [0, 0.1) is 5.82 Å². The second kappa shape index (κ2) is 12.4. The number of hydrogen-bond acceptors (Lipinski definition) is 4. The van der Waals surface area contributed by atoms with Crippen molar-refractivity contribution in [2.45, 2.75) is 38.2 Å². The predicted molar refractivity (Wildman–Crippen MR) is 132 cm³/mol. The molecule has 1 aliphatic heterocycles. The number of carbonyl (C=O) groups is 3. The molecule has 1 aromatic heterocycles. The molecule has 2 N–H and O–H groups in total. The molecule has 0 spiro atoms. The summed E-state index contributed by atoms with van der Waals surface area (Å²) < 4.78 is 84.0. The van der Waals surface area contributed by atoms with Gasteiger partial charge in [0.15, 0.2) is 0 Å². The van der Waals surface area contributed by atoms with Gasteiger partial charge in [-0.2, -0.15) is 26.3 Å². The maximum atomic E-state index is 13.1. The van der Waals surface area contributed by atoms with Crippen LogP contribution in [0.4, 0.5) is 36.4 Å². The number of nitrogens with one attached hydrogen (secondary N) is 1. The van der Waals surface area contributed by atoms with Gasteiger partial charge in [0.2, 0.25) is 0 Å². The lowest BCUT2D eigenvalue weighted by atomic mass is 10.0. The van der Waals surface area contributed by atoms with Gasteiger partial charge < -0.3 is 15.3 Å². The molecule has 1 aliphatic rings. The third kappa shape index (κ3) is 8.02. The summed E-state index contributed by atoms with van der Waals surface area (Å²) in [6.45, 7) is 2.12. The molecule has 14 heteroatoms.